The van der Waals surface area contributed by atoms with Gasteiger partial charge in [-0.25, -0.2) is 0 Å². The molecule has 1 N–H and O–H groups in total. The summed E-state index contributed by atoms with van der Waals surface area (Å²) in [6.45, 7) is 0.989. The minimum Gasteiger partial charge on any atom is -0.378 e. The number of hydrogen-bond donors (Lipinski definition) is 1. The molecule has 2 fully saturated rings. The quantitative estimate of drug-likeness (QED) is 0.820. The second-order valence-corrected chi connectivity index (χ2v) is 7.09. The molecule has 3 atom stereocenters. The summed E-state index contributed by atoms with van der Waals surface area (Å²) in [5.41, 5.74) is 0. The van der Waals surface area contributed by atoms with Gasteiger partial charge in [-0.1, -0.05) is 0 Å². The van der Waals surface area contributed by atoms with Gasteiger partial charge in [-0.3, -0.25) is 0 Å². The van der Waals surface area contributed by atoms with Crippen molar-refractivity contribution in [3.05, 3.63) is 0 Å². The minimum absolute atomic E-state index is 0.553. The van der Waals surface area contributed by atoms with E-state index in [9.17, 15) is 0 Å². The van der Waals surface area contributed by atoms with Gasteiger partial charge in [0.05, 0.1) is 6.10 Å². The molecular weight excluding hydrogens is 238 g/mol. The second kappa shape index (κ2) is 7.14. The number of nitrogens with one attached hydrogen (secondary N) is 1. The smallest absolute Gasteiger partial charge is 0.0576 e. The average molecular weight is 261 g/mol. The second-order valence-electron chi connectivity index (χ2n) is 4.59. The van der Waals surface area contributed by atoms with Crippen LogP contribution in [-0.4, -0.2) is 48.3 Å². The van der Waals surface area contributed by atoms with Crippen LogP contribution in [0.2, 0.25) is 0 Å². The molecule has 94 valence electrons. The molecule has 0 bridgehead atoms. The number of rotatable bonds is 5. The van der Waals surface area contributed by atoms with E-state index in [0.29, 0.717) is 12.1 Å². The molecule has 0 radical (unpaired) electrons. The molecule has 2 rings (SSSR count). The molecule has 0 aliphatic carbocycles. The predicted octanol–water partition coefficient (Wildman–Crippen LogP) is 2.38. The van der Waals surface area contributed by atoms with Gasteiger partial charge in [0.25, 0.3) is 0 Å². The van der Waals surface area contributed by atoms with E-state index >= 15 is 0 Å². The largest absolute Gasteiger partial charge is 0.378 e. The Balaban J connectivity index is 1.70. The molecule has 0 saturated carbocycles. The lowest BCUT2D eigenvalue weighted by molar-refractivity contribution is 0.0999. The molecule has 4 heteroatoms. The van der Waals surface area contributed by atoms with Gasteiger partial charge >= 0.3 is 0 Å². The topological polar surface area (TPSA) is 21.3 Å². The molecule has 2 nitrogen and oxygen atoms in total. The highest BCUT2D eigenvalue weighted by Crippen LogP contribution is 2.29. The maximum absolute atomic E-state index is 5.70. The first-order chi connectivity index (χ1) is 7.90. The molecule has 3 unspecified atom stereocenters. The average Bonchev–Trinajstić information content (AvgIpc) is 2.84. The molecule has 0 aromatic rings. The van der Waals surface area contributed by atoms with Crippen LogP contribution < -0.4 is 5.32 Å². The van der Waals surface area contributed by atoms with Crippen molar-refractivity contribution in [3.63, 3.8) is 0 Å². The standard InChI is InChI=1S/C12H23NOS2/c1-13-11(12-9-15-7-8-16-12)5-4-10-3-2-6-14-10/h10-13H,2-9H2,1H3. The summed E-state index contributed by atoms with van der Waals surface area (Å²) >= 11 is 4.27. The summed E-state index contributed by atoms with van der Waals surface area (Å²) in [4.78, 5) is 0. The molecule has 0 aromatic heterocycles. The van der Waals surface area contributed by atoms with Crippen LogP contribution in [0.5, 0.6) is 0 Å². The highest BCUT2D eigenvalue weighted by molar-refractivity contribution is 8.06. The van der Waals surface area contributed by atoms with E-state index in [2.05, 4.69) is 35.9 Å². The zero-order valence-corrected chi connectivity index (χ0v) is 11.7. The molecule has 2 saturated heterocycles. The molecule has 16 heavy (non-hydrogen) atoms. The van der Waals surface area contributed by atoms with Crippen molar-refractivity contribution in [1.82, 2.24) is 5.32 Å². The molecule has 2 aliphatic heterocycles. The fraction of sp³-hybridized carbons (Fsp3) is 1.00. The monoisotopic (exact) mass is 261 g/mol. The molecule has 2 aliphatic rings. The van der Waals surface area contributed by atoms with Crippen LogP contribution in [-0.2, 0) is 4.74 Å². The van der Waals surface area contributed by atoms with Gasteiger partial charge in [0.15, 0.2) is 0 Å². The van der Waals surface area contributed by atoms with E-state index in [1.54, 1.807) is 0 Å². The van der Waals surface area contributed by atoms with Gasteiger partial charge in [0.1, 0.15) is 0 Å². The van der Waals surface area contributed by atoms with Crippen LogP contribution in [0.15, 0.2) is 0 Å². The third-order valence-electron chi connectivity index (χ3n) is 3.48. The highest BCUT2D eigenvalue weighted by atomic mass is 32.2. The molecular formula is C12H23NOS2. The normalized spacial score (nSPS) is 32.8. The van der Waals surface area contributed by atoms with E-state index < -0.39 is 0 Å². The number of ether oxygens (including phenoxy) is 1. The van der Waals surface area contributed by atoms with Gasteiger partial charge < -0.3 is 10.1 Å². The van der Waals surface area contributed by atoms with Crippen LogP contribution in [0.1, 0.15) is 25.7 Å². The highest BCUT2D eigenvalue weighted by Gasteiger charge is 2.25. The van der Waals surface area contributed by atoms with Gasteiger partial charge in [0.2, 0.25) is 0 Å². The van der Waals surface area contributed by atoms with Crippen LogP contribution in [0.4, 0.5) is 0 Å². The Hall–Kier alpha value is 0.620. The van der Waals surface area contributed by atoms with E-state index in [1.807, 2.05) is 0 Å². The van der Waals surface area contributed by atoms with E-state index in [0.717, 1.165) is 11.9 Å². The Bertz CT molecular complexity index is 191. The number of hydrogen-bond acceptors (Lipinski definition) is 4. The Morgan fingerprint density at radius 2 is 2.38 bits per heavy atom. The maximum atomic E-state index is 5.70. The third-order valence-corrected chi connectivity index (χ3v) is 6.41. The fourth-order valence-electron chi connectivity index (χ4n) is 2.49. The zero-order chi connectivity index (χ0) is 11.2. The Morgan fingerprint density at radius 3 is 3.00 bits per heavy atom. The lowest BCUT2D eigenvalue weighted by atomic mass is 10.0. The molecule has 0 aromatic carbocycles. The Labute approximate surface area is 108 Å². The summed E-state index contributed by atoms with van der Waals surface area (Å²) in [6.07, 6.45) is 5.62. The Morgan fingerprint density at radius 1 is 1.44 bits per heavy atom. The van der Waals surface area contributed by atoms with Crippen molar-refractivity contribution >= 4 is 23.5 Å². The lowest BCUT2D eigenvalue weighted by Crippen LogP contribution is -2.39. The van der Waals surface area contributed by atoms with E-state index in [-0.39, 0.29) is 0 Å². The van der Waals surface area contributed by atoms with Crippen molar-refractivity contribution in [2.24, 2.45) is 0 Å². The SMILES string of the molecule is CNC(CCC1CCCO1)C1CSCCS1. The van der Waals surface area contributed by atoms with Crippen LogP contribution in [0, 0.1) is 0 Å². The first-order valence-electron chi connectivity index (χ1n) is 6.38. The van der Waals surface area contributed by atoms with Crippen molar-refractivity contribution in [3.8, 4) is 0 Å². The van der Waals surface area contributed by atoms with Gasteiger partial charge in [0, 0.05) is 35.2 Å². The van der Waals surface area contributed by atoms with Gasteiger partial charge in [-0.2, -0.15) is 23.5 Å². The summed E-state index contributed by atoms with van der Waals surface area (Å²) in [6, 6.07) is 0.682. The maximum Gasteiger partial charge on any atom is 0.0576 e. The van der Waals surface area contributed by atoms with Crippen molar-refractivity contribution < 1.29 is 4.74 Å². The fourth-order valence-corrected chi connectivity index (χ4v) is 5.46. The first-order valence-corrected chi connectivity index (χ1v) is 8.58. The summed E-state index contributed by atoms with van der Waals surface area (Å²) in [7, 11) is 2.11. The zero-order valence-electron chi connectivity index (χ0n) is 10.1. The predicted molar refractivity (Wildman–Crippen MR) is 74.6 cm³/mol. The van der Waals surface area contributed by atoms with Crippen molar-refractivity contribution in [2.75, 3.05) is 30.9 Å². The third kappa shape index (κ3) is 3.83. The molecule has 0 spiro atoms. The van der Waals surface area contributed by atoms with E-state index in [4.69, 9.17) is 4.74 Å². The summed E-state index contributed by atoms with van der Waals surface area (Å²) in [5, 5.41) is 4.32. The first kappa shape index (κ1) is 13.1. The molecule has 2 heterocycles. The van der Waals surface area contributed by atoms with Gasteiger partial charge in [-0.15, -0.1) is 0 Å². The van der Waals surface area contributed by atoms with Crippen LogP contribution in [0.25, 0.3) is 0 Å². The van der Waals surface area contributed by atoms with E-state index in [1.165, 1.54) is 42.9 Å². The van der Waals surface area contributed by atoms with Crippen LogP contribution in [0.3, 0.4) is 0 Å². The molecule has 0 amide bonds. The minimum atomic E-state index is 0.553. The van der Waals surface area contributed by atoms with Crippen LogP contribution >= 0.6 is 23.5 Å². The summed E-state index contributed by atoms with van der Waals surface area (Å²) in [5.74, 6) is 3.98. The van der Waals surface area contributed by atoms with Crippen molar-refractivity contribution in [2.45, 2.75) is 43.1 Å². The lowest BCUT2D eigenvalue weighted by Gasteiger charge is -2.29. The summed E-state index contributed by atoms with van der Waals surface area (Å²) < 4.78 is 5.70. The van der Waals surface area contributed by atoms with Gasteiger partial charge in [-0.05, 0) is 32.7 Å². The van der Waals surface area contributed by atoms with Crippen molar-refractivity contribution in [1.29, 1.82) is 0 Å². The Kier molecular flexibility index (Phi) is 5.83. The number of thioether (sulfide) groups is 2.